The second-order valence-corrected chi connectivity index (χ2v) is 10.0. The molecule has 1 saturated carbocycles. The van der Waals surface area contributed by atoms with Crippen LogP contribution >= 0.6 is 34.7 Å². The minimum atomic E-state index is -0.0652. The first kappa shape index (κ1) is 21.3. The quantitative estimate of drug-likeness (QED) is 0.313. The Morgan fingerprint density at radius 3 is 2.78 bits per heavy atom. The van der Waals surface area contributed by atoms with E-state index >= 15 is 0 Å². The summed E-state index contributed by atoms with van der Waals surface area (Å²) < 4.78 is 8.06. The summed E-state index contributed by atoms with van der Waals surface area (Å²) in [6.45, 7) is 0.339. The zero-order valence-corrected chi connectivity index (χ0v) is 19.6. The fraction of sp³-hybridized carbons (Fsp3) is 0.261. The van der Waals surface area contributed by atoms with Gasteiger partial charge in [-0.1, -0.05) is 29.4 Å². The van der Waals surface area contributed by atoms with Gasteiger partial charge in [0.25, 0.3) is 0 Å². The predicted molar refractivity (Wildman–Crippen MR) is 127 cm³/mol. The standard InChI is InChI=1S/C23H21ClN4O2S2/c24-16-5-3-15(4-6-16)20-10-9-18(30-20)13-25-22(29)14-32-23-27-26-21(28(23)17-7-8-17)12-19-2-1-11-31-19/h1-6,9-11,17H,7-8,12-14H2,(H,25,29). The molecule has 1 fully saturated rings. The molecule has 4 aromatic rings. The zero-order valence-electron chi connectivity index (χ0n) is 17.2. The zero-order chi connectivity index (χ0) is 21.9. The lowest BCUT2D eigenvalue weighted by Gasteiger charge is -2.08. The van der Waals surface area contributed by atoms with Gasteiger partial charge in [-0.15, -0.1) is 21.5 Å². The average Bonchev–Trinajstić information content (AvgIpc) is 3.18. The molecular formula is C23H21ClN4O2S2. The van der Waals surface area contributed by atoms with Crippen molar-refractivity contribution < 1.29 is 9.21 Å². The highest BCUT2D eigenvalue weighted by atomic mass is 35.5. The van der Waals surface area contributed by atoms with Gasteiger partial charge in [0.15, 0.2) is 5.16 Å². The molecule has 1 N–H and O–H groups in total. The fourth-order valence-electron chi connectivity index (χ4n) is 3.40. The average molecular weight is 485 g/mol. The Labute approximate surface area is 199 Å². The molecule has 1 aliphatic carbocycles. The van der Waals surface area contributed by atoms with E-state index < -0.39 is 0 Å². The number of hydrogen-bond acceptors (Lipinski definition) is 6. The van der Waals surface area contributed by atoms with Crippen molar-refractivity contribution in [3.63, 3.8) is 0 Å². The molecule has 6 nitrogen and oxygen atoms in total. The Morgan fingerprint density at radius 2 is 2.03 bits per heavy atom. The Bertz CT molecular complexity index is 1200. The summed E-state index contributed by atoms with van der Waals surface area (Å²) in [5.74, 6) is 2.64. The number of thioether (sulfide) groups is 1. The van der Waals surface area contributed by atoms with Gasteiger partial charge in [0.1, 0.15) is 17.3 Å². The molecule has 0 unspecified atom stereocenters. The molecule has 0 spiro atoms. The molecule has 164 valence electrons. The van der Waals surface area contributed by atoms with Crippen LogP contribution in [0.25, 0.3) is 11.3 Å². The third-order valence-corrected chi connectivity index (χ3v) is 7.21. The Hall–Kier alpha value is -2.55. The van der Waals surface area contributed by atoms with Gasteiger partial charge < -0.3 is 14.3 Å². The van der Waals surface area contributed by atoms with Crippen LogP contribution in [-0.2, 0) is 17.8 Å². The molecule has 0 bridgehead atoms. The molecular weight excluding hydrogens is 464 g/mol. The molecule has 0 atom stereocenters. The van der Waals surface area contributed by atoms with Gasteiger partial charge in [-0.25, -0.2) is 0 Å². The maximum absolute atomic E-state index is 12.4. The Kier molecular flexibility index (Phi) is 6.34. The third kappa shape index (κ3) is 5.09. The molecule has 0 radical (unpaired) electrons. The number of nitrogens with one attached hydrogen (secondary N) is 1. The van der Waals surface area contributed by atoms with Crippen molar-refractivity contribution in [2.45, 2.75) is 37.0 Å². The SMILES string of the molecule is O=C(CSc1nnc(Cc2cccs2)n1C1CC1)NCc1ccc(-c2ccc(Cl)cc2)o1. The van der Waals surface area contributed by atoms with Crippen molar-refractivity contribution in [3.8, 4) is 11.3 Å². The highest BCUT2D eigenvalue weighted by Gasteiger charge is 2.30. The van der Waals surface area contributed by atoms with Crippen molar-refractivity contribution in [2.75, 3.05) is 5.75 Å². The minimum absolute atomic E-state index is 0.0652. The number of amides is 1. The lowest BCUT2D eigenvalue weighted by atomic mass is 10.2. The number of rotatable bonds is 9. The highest BCUT2D eigenvalue weighted by molar-refractivity contribution is 7.99. The number of carbonyl (C=O) groups excluding carboxylic acids is 1. The number of nitrogens with zero attached hydrogens (tertiary/aromatic N) is 3. The largest absolute Gasteiger partial charge is 0.459 e. The second-order valence-electron chi connectivity index (χ2n) is 7.59. The molecule has 1 aliphatic rings. The minimum Gasteiger partial charge on any atom is -0.459 e. The fourth-order valence-corrected chi connectivity index (χ4v) is 5.09. The van der Waals surface area contributed by atoms with Crippen molar-refractivity contribution in [1.82, 2.24) is 20.1 Å². The topological polar surface area (TPSA) is 73.0 Å². The summed E-state index contributed by atoms with van der Waals surface area (Å²) in [7, 11) is 0. The third-order valence-electron chi connectivity index (χ3n) is 5.14. The number of carbonyl (C=O) groups is 1. The van der Waals surface area contributed by atoms with E-state index in [1.165, 1.54) is 16.6 Å². The molecule has 1 aromatic carbocycles. The van der Waals surface area contributed by atoms with Crippen LogP contribution in [0.1, 0.15) is 35.3 Å². The van der Waals surface area contributed by atoms with Gasteiger partial charge in [-0.2, -0.15) is 0 Å². The maximum Gasteiger partial charge on any atom is 0.230 e. The summed E-state index contributed by atoms with van der Waals surface area (Å²) in [6, 6.07) is 15.9. The van der Waals surface area contributed by atoms with E-state index in [4.69, 9.17) is 16.0 Å². The van der Waals surface area contributed by atoms with Crippen LogP contribution in [0.4, 0.5) is 0 Å². The number of halogens is 1. The van der Waals surface area contributed by atoms with Crippen LogP contribution in [0.3, 0.4) is 0 Å². The van der Waals surface area contributed by atoms with E-state index in [1.54, 1.807) is 11.3 Å². The first-order valence-electron chi connectivity index (χ1n) is 10.4. The van der Waals surface area contributed by atoms with Crippen LogP contribution in [0.5, 0.6) is 0 Å². The summed E-state index contributed by atoms with van der Waals surface area (Å²) in [5, 5.41) is 15.3. The first-order chi connectivity index (χ1) is 15.7. The van der Waals surface area contributed by atoms with Crippen molar-refractivity contribution >= 4 is 40.6 Å². The summed E-state index contributed by atoms with van der Waals surface area (Å²) in [6.07, 6.45) is 3.07. The predicted octanol–water partition coefficient (Wildman–Crippen LogP) is 5.59. The number of thiophene rings is 1. The second kappa shape index (κ2) is 9.52. The van der Waals surface area contributed by atoms with Gasteiger partial charge in [-0.05, 0) is 60.7 Å². The lowest BCUT2D eigenvalue weighted by molar-refractivity contribution is -0.118. The monoisotopic (exact) mass is 484 g/mol. The van der Waals surface area contributed by atoms with Gasteiger partial charge in [-0.3, -0.25) is 4.79 Å². The van der Waals surface area contributed by atoms with Crippen LogP contribution in [0.2, 0.25) is 5.02 Å². The van der Waals surface area contributed by atoms with E-state index in [0.29, 0.717) is 23.4 Å². The van der Waals surface area contributed by atoms with E-state index in [9.17, 15) is 4.79 Å². The molecule has 0 saturated heterocycles. The summed E-state index contributed by atoms with van der Waals surface area (Å²) >= 11 is 9.09. The molecule has 5 rings (SSSR count). The molecule has 0 aliphatic heterocycles. The Morgan fingerprint density at radius 1 is 1.19 bits per heavy atom. The summed E-state index contributed by atoms with van der Waals surface area (Å²) in [4.78, 5) is 13.7. The molecule has 3 heterocycles. The Balaban J connectivity index is 1.15. The number of furan rings is 1. The van der Waals surface area contributed by atoms with E-state index in [2.05, 4.69) is 37.6 Å². The normalized spacial score (nSPS) is 13.4. The molecule has 1 amide bonds. The lowest BCUT2D eigenvalue weighted by Crippen LogP contribution is -2.24. The maximum atomic E-state index is 12.4. The van der Waals surface area contributed by atoms with Crippen LogP contribution in [-0.4, -0.2) is 26.4 Å². The van der Waals surface area contributed by atoms with Crippen LogP contribution < -0.4 is 5.32 Å². The van der Waals surface area contributed by atoms with Crippen LogP contribution in [0.15, 0.2) is 63.5 Å². The first-order valence-corrected chi connectivity index (χ1v) is 12.6. The van der Waals surface area contributed by atoms with Gasteiger partial charge >= 0.3 is 0 Å². The van der Waals surface area contributed by atoms with E-state index in [1.807, 2.05) is 36.4 Å². The molecule has 3 aromatic heterocycles. The smallest absolute Gasteiger partial charge is 0.230 e. The van der Waals surface area contributed by atoms with Gasteiger partial charge in [0.2, 0.25) is 5.91 Å². The number of hydrogen-bond donors (Lipinski definition) is 1. The van der Waals surface area contributed by atoms with Crippen molar-refractivity contribution in [2.24, 2.45) is 0 Å². The van der Waals surface area contributed by atoms with E-state index in [-0.39, 0.29) is 11.7 Å². The van der Waals surface area contributed by atoms with Crippen LogP contribution in [0, 0.1) is 0 Å². The number of benzene rings is 1. The van der Waals surface area contributed by atoms with Crippen molar-refractivity contribution in [1.29, 1.82) is 0 Å². The van der Waals surface area contributed by atoms with Crippen molar-refractivity contribution in [3.05, 3.63) is 75.4 Å². The van der Waals surface area contributed by atoms with Gasteiger partial charge in [0.05, 0.1) is 12.3 Å². The molecule has 9 heteroatoms. The number of aromatic nitrogens is 3. The highest BCUT2D eigenvalue weighted by Crippen LogP contribution is 2.39. The summed E-state index contributed by atoms with van der Waals surface area (Å²) in [5.41, 5.74) is 0.945. The van der Waals surface area contributed by atoms with Gasteiger partial charge in [0, 0.05) is 27.9 Å². The molecule has 32 heavy (non-hydrogen) atoms. The van der Waals surface area contributed by atoms with E-state index in [0.717, 1.165) is 41.6 Å².